The van der Waals surface area contributed by atoms with Crippen LogP contribution in [0.1, 0.15) is 46.3 Å². The van der Waals surface area contributed by atoms with Crippen molar-refractivity contribution in [3.63, 3.8) is 0 Å². The maximum atomic E-state index is 8.34. The summed E-state index contributed by atoms with van der Waals surface area (Å²) in [7, 11) is 0. The SMILES string of the molecule is [2H]C1(N2CCCC2)CCCCC1. The molecule has 1 saturated carbocycles. The number of rotatable bonds is 1. The zero-order valence-electron chi connectivity index (χ0n) is 8.31. The molecule has 0 unspecified atom stereocenters. The molecule has 0 aromatic heterocycles. The van der Waals surface area contributed by atoms with E-state index in [9.17, 15) is 0 Å². The van der Waals surface area contributed by atoms with Crippen LogP contribution < -0.4 is 0 Å². The quantitative estimate of drug-likeness (QED) is 0.560. The highest BCUT2D eigenvalue weighted by Crippen LogP contribution is 2.25. The number of hydrogen-bond donors (Lipinski definition) is 0. The zero-order chi connectivity index (χ0) is 8.44. The second-order valence-corrected chi connectivity index (χ2v) is 3.82. The van der Waals surface area contributed by atoms with Crippen LogP contribution in [-0.4, -0.2) is 24.0 Å². The molecule has 64 valence electrons. The van der Waals surface area contributed by atoms with Crippen molar-refractivity contribution in [1.29, 1.82) is 0 Å². The lowest BCUT2D eigenvalue weighted by Crippen LogP contribution is -2.34. The first-order chi connectivity index (χ1) is 5.81. The van der Waals surface area contributed by atoms with Crippen LogP contribution in [0.25, 0.3) is 0 Å². The van der Waals surface area contributed by atoms with Crippen molar-refractivity contribution in [3.05, 3.63) is 0 Å². The Labute approximate surface area is 71.2 Å². The summed E-state index contributed by atoms with van der Waals surface area (Å²) in [6.45, 7) is 2.37. The van der Waals surface area contributed by atoms with E-state index in [-0.39, 0.29) is 6.02 Å². The Balaban J connectivity index is 1.97. The molecular formula is C10H19N. The fourth-order valence-corrected chi connectivity index (χ4v) is 2.31. The van der Waals surface area contributed by atoms with Crippen LogP contribution in [0.3, 0.4) is 0 Å². The minimum atomic E-state index is -0.158. The molecular weight excluding hydrogens is 134 g/mol. The van der Waals surface area contributed by atoms with Gasteiger partial charge in [0, 0.05) is 7.39 Å². The molecule has 0 aromatic carbocycles. The second-order valence-electron chi connectivity index (χ2n) is 3.82. The van der Waals surface area contributed by atoms with Crippen molar-refractivity contribution in [2.45, 2.75) is 51.0 Å². The zero-order valence-corrected chi connectivity index (χ0v) is 7.31. The molecule has 11 heavy (non-hydrogen) atoms. The second kappa shape index (κ2) is 3.57. The molecule has 0 radical (unpaired) electrons. The van der Waals surface area contributed by atoms with Crippen LogP contribution in [-0.2, 0) is 0 Å². The van der Waals surface area contributed by atoms with E-state index in [1.807, 2.05) is 0 Å². The lowest BCUT2D eigenvalue weighted by atomic mass is 9.94. The highest BCUT2D eigenvalue weighted by Gasteiger charge is 2.22. The molecule has 2 rings (SSSR count). The Hall–Kier alpha value is -0.0400. The van der Waals surface area contributed by atoms with E-state index in [4.69, 9.17) is 1.37 Å². The molecule has 1 nitrogen and oxygen atoms in total. The summed E-state index contributed by atoms with van der Waals surface area (Å²) in [5.41, 5.74) is 0. The summed E-state index contributed by atoms with van der Waals surface area (Å²) in [5, 5.41) is 0. The van der Waals surface area contributed by atoms with Crippen LogP contribution >= 0.6 is 0 Å². The van der Waals surface area contributed by atoms with Crippen LogP contribution in [0, 0.1) is 0 Å². The molecule has 0 aromatic rings. The van der Waals surface area contributed by atoms with Crippen LogP contribution in [0.5, 0.6) is 0 Å². The van der Waals surface area contributed by atoms with Gasteiger partial charge in [0.05, 0.1) is 0 Å². The molecule has 0 amide bonds. The van der Waals surface area contributed by atoms with E-state index in [0.29, 0.717) is 0 Å². The predicted octanol–water partition coefficient (Wildman–Crippen LogP) is 2.41. The Morgan fingerprint density at radius 3 is 2.18 bits per heavy atom. The maximum absolute atomic E-state index is 8.34. The van der Waals surface area contributed by atoms with Crippen molar-refractivity contribution in [3.8, 4) is 0 Å². The molecule has 1 aliphatic heterocycles. The average Bonchev–Trinajstić information content (AvgIpc) is 2.58. The fourth-order valence-electron chi connectivity index (χ4n) is 2.31. The highest BCUT2D eigenvalue weighted by molar-refractivity contribution is 4.78. The average molecular weight is 154 g/mol. The van der Waals surface area contributed by atoms with Gasteiger partial charge >= 0.3 is 0 Å². The van der Waals surface area contributed by atoms with Gasteiger partial charge in [-0.2, -0.15) is 0 Å². The molecule has 0 atom stereocenters. The Morgan fingerprint density at radius 2 is 1.55 bits per heavy atom. The van der Waals surface area contributed by atoms with Gasteiger partial charge in [0.25, 0.3) is 0 Å². The van der Waals surface area contributed by atoms with Gasteiger partial charge in [-0.05, 0) is 38.8 Å². The third-order valence-electron chi connectivity index (χ3n) is 2.98. The summed E-state index contributed by atoms with van der Waals surface area (Å²) in [6, 6.07) is -0.158. The molecule has 1 heteroatoms. The third kappa shape index (κ3) is 1.76. The molecule has 1 heterocycles. The molecule has 1 saturated heterocycles. The minimum Gasteiger partial charge on any atom is -0.300 e. The van der Waals surface area contributed by atoms with E-state index < -0.39 is 0 Å². The Bertz CT molecular complexity index is 146. The van der Waals surface area contributed by atoms with Gasteiger partial charge in [0.2, 0.25) is 0 Å². The standard InChI is InChI=1S/C10H19N/c1-2-6-10(7-3-1)11-8-4-5-9-11/h10H,1-9H2/i10D. The number of hydrogen-bond acceptors (Lipinski definition) is 1. The monoisotopic (exact) mass is 154 g/mol. The first-order valence-corrected chi connectivity index (χ1v) is 5.06. The molecule has 2 fully saturated rings. The molecule has 0 bridgehead atoms. The lowest BCUT2D eigenvalue weighted by molar-refractivity contribution is 0.191. The van der Waals surface area contributed by atoms with Gasteiger partial charge in [-0.15, -0.1) is 0 Å². The summed E-state index contributed by atoms with van der Waals surface area (Å²) < 4.78 is 8.34. The highest BCUT2D eigenvalue weighted by atomic mass is 15.2. The molecule has 0 N–H and O–H groups in total. The van der Waals surface area contributed by atoms with Crippen LogP contribution in [0.15, 0.2) is 0 Å². The van der Waals surface area contributed by atoms with E-state index in [1.54, 1.807) is 0 Å². The first kappa shape index (κ1) is 6.47. The third-order valence-corrected chi connectivity index (χ3v) is 2.98. The van der Waals surface area contributed by atoms with Gasteiger partial charge < -0.3 is 4.90 Å². The fraction of sp³-hybridized carbons (Fsp3) is 1.00. The van der Waals surface area contributed by atoms with Gasteiger partial charge in [-0.3, -0.25) is 0 Å². The van der Waals surface area contributed by atoms with Crippen LogP contribution in [0.2, 0.25) is 0 Å². The van der Waals surface area contributed by atoms with E-state index >= 15 is 0 Å². The van der Waals surface area contributed by atoms with E-state index in [2.05, 4.69) is 4.90 Å². The van der Waals surface area contributed by atoms with E-state index in [0.717, 1.165) is 12.8 Å². The Kier molecular flexibility index (Phi) is 2.10. The summed E-state index contributed by atoms with van der Waals surface area (Å²) >= 11 is 0. The van der Waals surface area contributed by atoms with Crippen LogP contribution in [0.4, 0.5) is 0 Å². The largest absolute Gasteiger partial charge is 0.300 e. The summed E-state index contributed by atoms with van der Waals surface area (Å²) in [5.74, 6) is 0. The van der Waals surface area contributed by atoms with Crippen molar-refractivity contribution in [2.75, 3.05) is 13.1 Å². The predicted molar refractivity (Wildman–Crippen MR) is 47.7 cm³/mol. The molecule has 1 aliphatic carbocycles. The maximum Gasteiger partial charge on any atom is 0.0467 e. The number of nitrogens with zero attached hydrogens (tertiary/aromatic N) is 1. The van der Waals surface area contributed by atoms with Gasteiger partial charge in [-0.1, -0.05) is 19.3 Å². The van der Waals surface area contributed by atoms with Crippen molar-refractivity contribution in [2.24, 2.45) is 0 Å². The van der Waals surface area contributed by atoms with Gasteiger partial charge in [0.15, 0.2) is 0 Å². The topological polar surface area (TPSA) is 3.24 Å². The van der Waals surface area contributed by atoms with Gasteiger partial charge in [-0.25, -0.2) is 0 Å². The first-order valence-electron chi connectivity index (χ1n) is 5.56. The normalized spacial score (nSPS) is 33.6. The minimum absolute atomic E-state index is 0.158. The van der Waals surface area contributed by atoms with Crippen molar-refractivity contribution in [1.82, 2.24) is 4.90 Å². The van der Waals surface area contributed by atoms with E-state index in [1.165, 1.54) is 45.2 Å². The Morgan fingerprint density at radius 1 is 0.909 bits per heavy atom. The lowest BCUT2D eigenvalue weighted by Gasteiger charge is -2.30. The summed E-state index contributed by atoms with van der Waals surface area (Å²) in [6.07, 6.45) is 8.79. The van der Waals surface area contributed by atoms with Gasteiger partial charge in [0.1, 0.15) is 0 Å². The smallest absolute Gasteiger partial charge is 0.0467 e. The van der Waals surface area contributed by atoms with Crippen molar-refractivity contribution < 1.29 is 1.37 Å². The molecule has 2 aliphatic rings. The summed E-state index contributed by atoms with van der Waals surface area (Å²) in [4.78, 5) is 2.41. The van der Waals surface area contributed by atoms with Crippen molar-refractivity contribution >= 4 is 0 Å². The number of likely N-dealkylation sites (tertiary alicyclic amines) is 1. The molecule has 0 spiro atoms.